The summed E-state index contributed by atoms with van der Waals surface area (Å²) in [5.74, 6) is -0.0133. The quantitative estimate of drug-likeness (QED) is 0.704. The zero-order valence-electron chi connectivity index (χ0n) is 16.5. The molecule has 1 saturated heterocycles. The molecule has 0 aliphatic carbocycles. The first-order valence-corrected chi connectivity index (χ1v) is 9.29. The summed E-state index contributed by atoms with van der Waals surface area (Å²) in [7, 11) is 0. The Balaban J connectivity index is 1.78. The Bertz CT molecular complexity index is 692. The summed E-state index contributed by atoms with van der Waals surface area (Å²) in [4.78, 5) is 27.2. The summed E-state index contributed by atoms with van der Waals surface area (Å²) in [5, 5.41) is 2.95. The van der Waals surface area contributed by atoms with E-state index in [9.17, 15) is 18.4 Å². The lowest BCUT2D eigenvalue weighted by atomic mass is 10.1. The highest BCUT2D eigenvalue weighted by atomic mass is 19.3. The van der Waals surface area contributed by atoms with Gasteiger partial charge >= 0.3 is 6.61 Å². The first-order chi connectivity index (χ1) is 13.1. The van der Waals surface area contributed by atoms with Crippen LogP contribution in [0.3, 0.4) is 0 Å². The van der Waals surface area contributed by atoms with Gasteiger partial charge in [-0.05, 0) is 44.5 Å². The average molecular weight is 396 g/mol. The number of quaternary nitrogens is 1. The second-order valence-corrected chi connectivity index (χ2v) is 7.83. The van der Waals surface area contributed by atoms with Crippen molar-refractivity contribution in [3.05, 3.63) is 35.9 Å². The minimum Gasteiger partial charge on any atom is -0.435 e. The highest BCUT2D eigenvalue weighted by Gasteiger charge is 2.25. The van der Waals surface area contributed by atoms with E-state index in [2.05, 4.69) is 10.1 Å². The standard InChI is InChI=1S/C20H27F2N3O3/c1-20(2,3)23-17(26)14-24-10-12-25(13-11-24)18(27)9-6-15-4-7-16(8-5-15)28-19(21)22/h4-9,19H,10-14H2,1-3H3,(H,23,26)/p+1/b9-6+. The van der Waals surface area contributed by atoms with Crippen LogP contribution >= 0.6 is 0 Å². The summed E-state index contributed by atoms with van der Waals surface area (Å²) >= 11 is 0. The van der Waals surface area contributed by atoms with Crippen LogP contribution in [0, 0.1) is 0 Å². The lowest BCUT2D eigenvalue weighted by Crippen LogP contribution is -3.16. The molecule has 1 aliphatic rings. The first kappa shape index (κ1) is 21.8. The van der Waals surface area contributed by atoms with Crippen LogP contribution in [0.4, 0.5) is 8.78 Å². The predicted octanol–water partition coefficient (Wildman–Crippen LogP) is 0.943. The number of carbonyl (C=O) groups excluding carboxylic acids is 2. The topological polar surface area (TPSA) is 63.1 Å². The molecule has 0 bridgehead atoms. The highest BCUT2D eigenvalue weighted by Crippen LogP contribution is 2.15. The predicted molar refractivity (Wildman–Crippen MR) is 102 cm³/mol. The van der Waals surface area contributed by atoms with Gasteiger partial charge in [0.1, 0.15) is 5.75 Å². The van der Waals surface area contributed by atoms with Crippen LogP contribution in [0.2, 0.25) is 0 Å². The largest absolute Gasteiger partial charge is 0.435 e. The SMILES string of the molecule is CC(C)(C)NC(=O)C[NH+]1CCN(C(=O)/C=C/c2ccc(OC(F)F)cc2)CC1. The fourth-order valence-corrected chi connectivity index (χ4v) is 2.94. The van der Waals surface area contributed by atoms with Crippen LogP contribution in [0.25, 0.3) is 6.08 Å². The fourth-order valence-electron chi connectivity index (χ4n) is 2.94. The second kappa shape index (κ2) is 9.64. The summed E-state index contributed by atoms with van der Waals surface area (Å²) in [6, 6.07) is 6.08. The Labute approximate surface area is 164 Å². The minimum absolute atomic E-state index is 0.0152. The zero-order valence-corrected chi connectivity index (χ0v) is 16.5. The summed E-state index contributed by atoms with van der Waals surface area (Å²) < 4.78 is 28.6. The van der Waals surface area contributed by atoms with E-state index in [4.69, 9.17) is 0 Å². The third kappa shape index (κ3) is 7.64. The number of hydrogen-bond acceptors (Lipinski definition) is 3. The molecule has 2 amide bonds. The molecule has 154 valence electrons. The third-order valence-electron chi connectivity index (χ3n) is 4.23. The van der Waals surface area contributed by atoms with Gasteiger partial charge in [-0.1, -0.05) is 12.1 Å². The maximum atomic E-state index is 12.3. The summed E-state index contributed by atoms with van der Waals surface area (Å²) in [6.07, 6.45) is 3.12. The molecule has 1 aliphatic heterocycles. The smallest absolute Gasteiger partial charge is 0.387 e. The molecule has 1 aromatic rings. The molecule has 6 nitrogen and oxygen atoms in total. The van der Waals surface area contributed by atoms with E-state index in [0.717, 1.165) is 23.6 Å². The first-order valence-electron chi connectivity index (χ1n) is 9.29. The lowest BCUT2D eigenvalue weighted by molar-refractivity contribution is -0.896. The number of nitrogens with one attached hydrogen (secondary N) is 2. The van der Waals surface area contributed by atoms with Gasteiger partial charge in [-0.25, -0.2) is 0 Å². The van der Waals surface area contributed by atoms with Crippen molar-refractivity contribution in [1.82, 2.24) is 10.2 Å². The number of halogens is 2. The Morgan fingerprint density at radius 2 is 1.82 bits per heavy atom. The fraction of sp³-hybridized carbons (Fsp3) is 0.500. The van der Waals surface area contributed by atoms with E-state index in [0.29, 0.717) is 19.6 Å². The van der Waals surface area contributed by atoms with Gasteiger partial charge in [0.05, 0.1) is 26.2 Å². The molecule has 8 heteroatoms. The second-order valence-electron chi connectivity index (χ2n) is 7.83. The van der Waals surface area contributed by atoms with E-state index >= 15 is 0 Å². The Morgan fingerprint density at radius 3 is 2.36 bits per heavy atom. The number of carbonyl (C=O) groups is 2. The normalized spacial score (nSPS) is 15.9. The Kier molecular flexibility index (Phi) is 7.51. The van der Waals surface area contributed by atoms with E-state index in [1.54, 1.807) is 23.1 Å². The van der Waals surface area contributed by atoms with Crippen molar-refractivity contribution >= 4 is 17.9 Å². The van der Waals surface area contributed by atoms with E-state index in [-0.39, 0.29) is 23.1 Å². The van der Waals surface area contributed by atoms with Gasteiger partial charge < -0.3 is 19.9 Å². The molecule has 0 radical (unpaired) electrons. The van der Waals surface area contributed by atoms with Crippen molar-refractivity contribution in [2.45, 2.75) is 32.9 Å². The van der Waals surface area contributed by atoms with Gasteiger partial charge in [-0.2, -0.15) is 8.78 Å². The van der Waals surface area contributed by atoms with Gasteiger partial charge in [0.15, 0.2) is 6.54 Å². The third-order valence-corrected chi connectivity index (χ3v) is 4.23. The number of benzene rings is 1. The molecule has 0 aromatic heterocycles. The van der Waals surface area contributed by atoms with Crippen LogP contribution in [0.5, 0.6) is 5.75 Å². The number of piperazine rings is 1. The molecule has 0 spiro atoms. The maximum absolute atomic E-state index is 12.3. The summed E-state index contributed by atoms with van der Waals surface area (Å²) in [5.41, 5.74) is 0.473. The number of alkyl halides is 2. The van der Waals surface area contributed by atoms with Crippen molar-refractivity contribution in [2.75, 3.05) is 32.7 Å². The van der Waals surface area contributed by atoms with Crippen molar-refractivity contribution < 1.29 is 28.0 Å². The molecule has 1 heterocycles. The van der Waals surface area contributed by atoms with E-state index in [1.807, 2.05) is 20.8 Å². The van der Waals surface area contributed by atoms with Crippen LogP contribution in [-0.2, 0) is 9.59 Å². The van der Waals surface area contributed by atoms with Crippen molar-refractivity contribution in [3.8, 4) is 5.75 Å². The minimum atomic E-state index is -2.86. The van der Waals surface area contributed by atoms with Crippen LogP contribution < -0.4 is 15.0 Å². The molecule has 0 saturated carbocycles. The number of amides is 2. The van der Waals surface area contributed by atoms with Gasteiger partial charge in [-0.3, -0.25) is 9.59 Å². The number of hydrogen-bond donors (Lipinski definition) is 2. The Hall–Kier alpha value is -2.48. The maximum Gasteiger partial charge on any atom is 0.387 e. The average Bonchev–Trinajstić information content (AvgIpc) is 2.59. The molecule has 28 heavy (non-hydrogen) atoms. The highest BCUT2D eigenvalue weighted by molar-refractivity contribution is 5.91. The molecular weight excluding hydrogens is 368 g/mol. The molecule has 1 aromatic carbocycles. The van der Waals surface area contributed by atoms with Gasteiger partial charge in [-0.15, -0.1) is 0 Å². The number of ether oxygens (including phenoxy) is 1. The van der Waals surface area contributed by atoms with Crippen LogP contribution in [0.15, 0.2) is 30.3 Å². The van der Waals surface area contributed by atoms with Crippen molar-refractivity contribution in [2.24, 2.45) is 0 Å². The van der Waals surface area contributed by atoms with Crippen molar-refractivity contribution in [1.29, 1.82) is 0 Å². The molecule has 0 atom stereocenters. The number of nitrogens with zero attached hydrogens (tertiary/aromatic N) is 1. The molecule has 1 fully saturated rings. The molecule has 2 N–H and O–H groups in total. The lowest BCUT2D eigenvalue weighted by Gasteiger charge is -2.32. The van der Waals surface area contributed by atoms with E-state index < -0.39 is 6.61 Å². The van der Waals surface area contributed by atoms with Crippen LogP contribution in [-0.4, -0.2) is 61.6 Å². The van der Waals surface area contributed by atoms with Gasteiger partial charge in [0.2, 0.25) is 5.91 Å². The molecule has 0 unspecified atom stereocenters. The molecule has 2 rings (SSSR count). The van der Waals surface area contributed by atoms with E-state index in [1.165, 1.54) is 18.2 Å². The van der Waals surface area contributed by atoms with Gasteiger partial charge in [0, 0.05) is 11.6 Å². The monoisotopic (exact) mass is 396 g/mol. The van der Waals surface area contributed by atoms with Crippen molar-refractivity contribution in [3.63, 3.8) is 0 Å². The van der Waals surface area contributed by atoms with Crippen LogP contribution in [0.1, 0.15) is 26.3 Å². The number of rotatable bonds is 6. The Morgan fingerprint density at radius 1 is 1.21 bits per heavy atom. The van der Waals surface area contributed by atoms with Gasteiger partial charge in [0.25, 0.3) is 5.91 Å². The summed E-state index contributed by atoms with van der Waals surface area (Å²) in [6.45, 7) is 6.00. The zero-order chi connectivity index (χ0) is 20.7. The molecular formula is C20H28F2N3O3+.